The Balaban J connectivity index is 3.06. The molecule has 0 amide bonds. The van der Waals surface area contributed by atoms with E-state index in [0.717, 1.165) is 6.42 Å². The van der Waals surface area contributed by atoms with E-state index in [1.54, 1.807) is 0 Å². The van der Waals surface area contributed by atoms with Crippen molar-refractivity contribution in [2.24, 2.45) is 0 Å². The average molecular weight is 316 g/mol. The summed E-state index contributed by atoms with van der Waals surface area (Å²) >= 11 is 29.2. The van der Waals surface area contributed by atoms with Gasteiger partial charge in [0.2, 0.25) is 0 Å². The number of hydrogen-bond acceptors (Lipinski definition) is 0. The monoisotopic (exact) mass is 314 g/mol. The smallest absolute Gasteiger partial charge is 0.0764 e. The molecule has 5 heteroatoms. The molecule has 1 rings (SSSR count). The van der Waals surface area contributed by atoms with E-state index in [9.17, 15) is 0 Å². The molecule has 0 radical (unpaired) electrons. The normalized spacial score (nSPS) is 9.81. The van der Waals surface area contributed by atoms with Crippen molar-refractivity contribution in [1.29, 1.82) is 0 Å². The van der Waals surface area contributed by atoms with Crippen LogP contribution in [0.4, 0.5) is 0 Å². The summed E-state index contributed by atoms with van der Waals surface area (Å²) in [6, 6.07) is 1.50. The highest BCUT2D eigenvalue weighted by atomic mass is 35.5. The molecule has 16 heavy (non-hydrogen) atoms. The number of hydrogen-bond donors (Lipinski definition) is 0. The summed E-state index contributed by atoms with van der Waals surface area (Å²) in [7, 11) is 0. The standard InChI is InChI=1S/C11H7Cl5/c12-5-3-1-2-4-7-10(15)8(13)6-9(14)11(7)16/h6H,1,3,5H2. The van der Waals surface area contributed by atoms with Crippen molar-refractivity contribution in [3.8, 4) is 11.8 Å². The van der Waals surface area contributed by atoms with Gasteiger partial charge in [-0.3, -0.25) is 0 Å². The van der Waals surface area contributed by atoms with E-state index < -0.39 is 0 Å². The first-order valence-corrected chi connectivity index (χ1v) is 6.50. The zero-order valence-corrected chi connectivity index (χ0v) is 11.9. The lowest BCUT2D eigenvalue weighted by molar-refractivity contribution is 0.991. The second kappa shape index (κ2) is 6.84. The van der Waals surface area contributed by atoms with Crippen LogP contribution in [0, 0.1) is 11.8 Å². The molecule has 0 bridgehead atoms. The summed E-state index contributed by atoms with van der Waals surface area (Å²) in [4.78, 5) is 0. The molecule has 0 aliphatic rings. The zero-order chi connectivity index (χ0) is 12.1. The van der Waals surface area contributed by atoms with Crippen molar-refractivity contribution in [3.63, 3.8) is 0 Å². The van der Waals surface area contributed by atoms with Crippen molar-refractivity contribution in [2.45, 2.75) is 12.8 Å². The maximum atomic E-state index is 5.98. The summed E-state index contributed by atoms with van der Waals surface area (Å²) in [5.41, 5.74) is 0.468. The first-order valence-electron chi connectivity index (χ1n) is 4.45. The molecule has 0 saturated carbocycles. The highest BCUT2D eigenvalue weighted by Crippen LogP contribution is 2.36. The van der Waals surface area contributed by atoms with Gasteiger partial charge >= 0.3 is 0 Å². The van der Waals surface area contributed by atoms with Gasteiger partial charge in [-0.05, 0) is 12.5 Å². The van der Waals surface area contributed by atoms with Crippen molar-refractivity contribution in [2.75, 3.05) is 5.88 Å². The van der Waals surface area contributed by atoms with Crippen molar-refractivity contribution in [1.82, 2.24) is 0 Å². The summed E-state index contributed by atoms with van der Waals surface area (Å²) in [6.07, 6.45) is 1.50. The maximum Gasteiger partial charge on any atom is 0.0764 e. The topological polar surface area (TPSA) is 0 Å². The fourth-order valence-corrected chi connectivity index (χ4v) is 2.03. The van der Waals surface area contributed by atoms with Gasteiger partial charge < -0.3 is 0 Å². The van der Waals surface area contributed by atoms with Crippen LogP contribution in [0.2, 0.25) is 20.1 Å². The van der Waals surface area contributed by atoms with E-state index >= 15 is 0 Å². The molecule has 0 atom stereocenters. The van der Waals surface area contributed by atoms with Crippen LogP contribution >= 0.6 is 58.0 Å². The van der Waals surface area contributed by atoms with E-state index in [-0.39, 0.29) is 0 Å². The summed E-state index contributed by atoms with van der Waals surface area (Å²) < 4.78 is 0. The third kappa shape index (κ3) is 3.62. The quantitative estimate of drug-likeness (QED) is 0.285. The van der Waals surface area contributed by atoms with Crippen LogP contribution in [0.25, 0.3) is 0 Å². The van der Waals surface area contributed by atoms with Gasteiger partial charge in [0.15, 0.2) is 0 Å². The van der Waals surface area contributed by atoms with Crippen molar-refractivity contribution in [3.05, 3.63) is 31.7 Å². The van der Waals surface area contributed by atoms with Gasteiger partial charge in [0.25, 0.3) is 0 Å². The van der Waals surface area contributed by atoms with E-state index in [0.29, 0.717) is 38.0 Å². The van der Waals surface area contributed by atoms with Crippen molar-refractivity contribution >= 4 is 58.0 Å². The number of rotatable bonds is 2. The average Bonchev–Trinajstić information content (AvgIpc) is 2.25. The Labute approximate surface area is 120 Å². The SMILES string of the molecule is ClCCCC#Cc1c(Cl)c(Cl)cc(Cl)c1Cl. The van der Waals surface area contributed by atoms with Crippen LogP contribution in [0.1, 0.15) is 18.4 Å². The van der Waals surface area contributed by atoms with Gasteiger partial charge in [-0.2, -0.15) is 0 Å². The molecule has 0 nitrogen and oxygen atoms in total. The molecule has 0 heterocycles. The molecule has 0 N–H and O–H groups in total. The third-order valence-corrected chi connectivity index (χ3v) is 3.60. The van der Waals surface area contributed by atoms with Crippen LogP contribution in [0.15, 0.2) is 6.07 Å². The fraction of sp³-hybridized carbons (Fsp3) is 0.273. The fourth-order valence-electron chi connectivity index (χ4n) is 0.989. The number of halogens is 5. The molecular weight excluding hydrogens is 309 g/mol. The summed E-state index contributed by atoms with van der Waals surface area (Å²) in [6.45, 7) is 0. The van der Waals surface area contributed by atoms with Crippen molar-refractivity contribution < 1.29 is 0 Å². The highest BCUT2D eigenvalue weighted by Gasteiger charge is 2.11. The van der Waals surface area contributed by atoms with Gasteiger partial charge in [0.05, 0.1) is 25.7 Å². The third-order valence-electron chi connectivity index (χ3n) is 1.76. The number of alkyl halides is 1. The molecule has 0 spiro atoms. The Kier molecular flexibility index (Phi) is 6.11. The Morgan fingerprint density at radius 3 is 2.06 bits per heavy atom. The van der Waals surface area contributed by atoms with E-state index in [4.69, 9.17) is 58.0 Å². The molecule has 0 unspecified atom stereocenters. The largest absolute Gasteiger partial charge is 0.127 e. The molecule has 1 aromatic rings. The second-order valence-corrected chi connectivity index (χ2v) is 4.89. The highest BCUT2D eigenvalue weighted by molar-refractivity contribution is 6.48. The molecule has 0 aliphatic carbocycles. The number of unbranched alkanes of at least 4 members (excludes halogenated alkanes) is 1. The lowest BCUT2D eigenvalue weighted by Crippen LogP contribution is -1.83. The van der Waals surface area contributed by atoms with Gasteiger partial charge in [-0.25, -0.2) is 0 Å². The lowest BCUT2D eigenvalue weighted by Gasteiger charge is -2.04. The first kappa shape index (κ1) is 14.3. The van der Waals surface area contributed by atoms with Crippen LogP contribution in [0.3, 0.4) is 0 Å². The summed E-state index contributed by atoms with van der Waals surface area (Å²) in [5, 5.41) is 1.35. The molecule has 86 valence electrons. The van der Waals surface area contributed by atoms with Gasteiger partial charge in [-0.1, -0.05) is 58.2 Å². The maximum absolute atomic E-state index is 5.98. The molecule has 0 fully saturated rings. The molecule has 0 aliphatic heterocycles. The first-order chi connectivity index (χ1) is 7.57. The van der Waals surface area contributed by atoms with Gasteiger partial charge in [0, 0.05) is 12.3 Å². The Morgan fingerprint density at radius 2 is 1.56 bits per heavy atom. The minimum atomic E-state index is 0.328. The van der Waals surface area contributed by atoms with E-state index in [2.05, 4.69) is 11.8 Å². The molecule has 0 aromatic heterocycles. The van der Waals surface area contributed by atoms with Crippen LogP contribution in [0.5, 0.6) is 0 Å². The minimum Gasteiger partial charge on any atom is -0.127 e. The van der Waals surface area contributed by atoms with Crippen LogP contribution in [-0.4, -0.2) is 5.88 Å². The van der Waals surface area contributed by atoms with E-state index in [1.807, 2.05) is 0 Å². The predicted octanol–water partition coefficient (Wildman–Crippen LogP) is 5.67. The zero-order valence-electron chi connectivity index (χ0n) is 8.09. The van der Waals surface area contributed by atoms with Gasteiger partial charge in [0.1, 0.15) is 0 Å². The van der Waals surface area contributed by atoms with Gasteiger partial charge in [-0.15, -0.1) is 11.6 Å². The molecule has 1 aromatic carbocycles. The Morgan fingerprint density at radius 1 is 1.00 bits per heavy atom. The summed E-state index contributed by atoms with van der Waals surface area (Å²) in [5.74, 6) is 6.35. The van der Waals surface area contributed by atoms with Crippen LogP contribution < -0.4 is 0 Å². The number of benzene rings is 1. The lowest BCUT2D eigenvalue weighted by atomic mass is 10.2. The van der Waals surface area contributed by atoms with E-state index in [1.165, 1.54) is 6.07 Å². The Bertz CT molecular complexity index is 416. The molecular formula is C11H7Cl5. The minimum absolute atomic E-state index is 0.328. The second-order valence-electron chi connectivity index (χ2n) is 2.94. The van der Waals surface area contributed by atoms with Crippen LogP contribution in [-0.2, 0) is 0 Å². The molecule has 0 saturated heterocycles. The Hall–Kier alpha value is 0.230. The predicted molar refractivity (Wildman–Crippen MR) is 73.3 cm³/mol.